The van der Waals surface area contributed by atoms with Crippen LogP contribution in [0.25, 0.3) is 11.1 Å². The van der Waals surface area contributed by atoms with Crippen LogP contribution in [0.5, 0.6) is 0 Å². The second kappa shape index (κ2) is 10.0. The first-order valence-corrected chi connectivity index (χ1v) is 11.4. The van der Waals surface area contributed by atoms with E-state index >= 15 is 0 Å². The Morgan fingerprint density at radius 3 is 2.26 bits per heavy atom. The molecule has 0 radical (unpaired) electrons. The Hall–Kier alpha value is -3.76. The number of aryl methyl sites for hydroxylation is 2. The van der Waals surface area contributed by atoms with Crippen LogP contribution >= 0.6 is 11.6 Å². The van der Waals surface area contributed by atoms with Gasteiger partial charge in [-0.25, -0.2) is 4.79 Å². The van der Waals surface area contributed by atoms with Gasteiger partial charge in [-0.05, 0) is 65.9 Å². The van der Waals surface area contributed by atoms with Gasteiger partial charge >= 0.3 is 5.97 Å². The molecule has 1 aromatic heterocycles. The van der Waals surface area contributed by atoms with Gasteiger partial charge in [0.25, 0.3) is 0 Å². The summed E-state index contributed by atoms with van der Waals surface area (Å²) in [7, 11) is 0. The van der Waals surface area contributed by atoms with Crippen molar-refractivity contribution in [2.24, 2.45) is 0 Å². The molecular weight excluding hydrogens is 446 g/mol. The molecule has 4 rings (SSSR count). The number of hydrogen-bond acceptors (Lipinski definition) is 3. The lowest BCUT2D eigenvalue weighted by Gasteiger charge is -2.20. The van der Waals surface area contributed by atoms with E-state index in [1.807, 2.05) is 49.4 Å². The number of hydrogen-bond donors (Lipinski definition) is 1. The lowest BCUT2D eigenvalue weighted by molar-refractivity contribution is 0.0697. The zero-order valence-electron chi connectivity index (χ0n) is 19.0. The van der Waals surface area contributed by atoms with Crippen molar-refractivity contribution in [2.45, 2.75) is 26.2 Å². The van der Waals surface area contributed by atoms with Gasteiger partial charge in [-0.2, -0.15) is 0 Å². The van der Waals surface area contributed by atoms with Gasteiger partial charge in [0.05, 0.1) is 10.6 Å². The summed E-state index contributed by atoms with van der Waals surface area (Å²) in [6.45, 7) is 3.94. The molecule has 0 spiro atoms. The van der Waals surface area contributed by atoms with Crippen LogP contribution in [0, 0.1) is 13.8 Å². The Kier molecular flexibility index (Phi) is 6.90. The number of pyridine rings is 1. The largest absolute Gasteiger partial charge is 0.478 e. The van der Waals surface area contributed by atoms with Crippen molar-refractivity contribution >= 4 is 23.4 Å². The molecule has 4 aromatic rings. The van der Waals surface area contributed by atoms with Crippen LogP contribution in [0.2, 0.25) is 5.02 Å². The number of ketones is 1. The first-order valence-electron chi connectivity index (χ1n) is 11.0. The Labute approximate surface area is 203 Å². The number of Topliss-reactive ketones (excluding diaryl/α,β-unsaturated/α-hetero) is 1. The molecule has 0 aliphatic rings. The lowest BCUT2D eigenvalue weighted by atomic mass is 9.83. The number of carboxylic acid groups (broad SMARTS) is 1. The van der Waals surface area contributed by atoms with Gasteiger partial charge in [0, 0.05) is 29.8 Å². The van der Waals surface area contributed by atoms with E-state index in [0.29, 0.717) is 12.0 Å². The van der Waals surface area contributed by atoms with Crippen LogP contribution in [0.4, 0.5) is 0 Å². The number of benzene rings is 3. The highest BCUT2D eigenvalue weighted by molar-refractivity contribution is 6.33. The standard InChI is InChI=1S/C29H24ClNO3/c1-18-5-3-4-6-24(18)26(17-28(32)23-13-14-31-19(2)15-23)21-9-7-20(8-10-21)22-11-12-25(29(33)34)27(30)16-22/h3-16,26H,17H2,1-2H3,(H,33,34). The molecule has 1 heterocycles. The Balaban J connectivity index is 1.68. The Bertz CT molecular complexity index is 1360. The molecule has 0 amide bonds. The number of aromatic nitrogens is 1. The van der Waals surface area contributed by atoms with Crippen LogP contribution in [0.1, 0.15) is 55.4 Å². The van der Waals surface area contributed by atoms with E-state index < -0.39 is 5.97 Å². The van der Waals surface area contributed by atoms with Gasteiger partial charge < -0.3 is 5.11 Å². The summed E-state index contributed by atoms with van der Waals surface area (Å²) in [6.07, 6.45) is 2.01. The molecule has 170 valence electrons. The smallest absolute Gasteiger partial charge is 0.337 e. The fourth-order valence-corrected chi connectivity index (χ4v) is 4.44. The first-order chi connectivity index (χ1) is 16.3. The second-order valence-electron chi connectivity index (χ2n) is 8.34. The highest BCUT2D eigenvalue weighted by Gasteiger charge is 2.21. The van der Waals surface area contributed by atoms with Gasteiger partial charge in [0.1, 0.15) is 0 Å². The fraction of sp³-hybridized carbons (Fsp3) is 0.138. The van der Waals surface area contributed by atoms with E-state index in [4.69, 9.17) is 11.6 Å². The van der Waals surface area contributed by atoms with Crippen LogP contribution in [-0.2, 0) is 0 Å². The number of halogens is 1. The summed E-state index contributed by atoms with van der Waals surface area (Å²) in [5.74, 6) is -1.09. The third-order valence-corrected chi connectivity index (χ3v) is 6.33. The fourth-order valence-electron chi connectivity index (χ4n) is 4.18. The monoisotopic (exact) mass is 469 g/mol. The predicted molar refractivity (Wildman–Crippen MR) is 135 cm³/mol. The van der Waals surface area contributed by atoms with Gasteiger partial charge in [0.2, 0.25) is 0 Å². The van der Waals surface area contributed by atoms with E-state index in [1.54, 1.807) is 24.4 Å². The van der Waals surface area contributed by atoms with Crippen LogP contribution in [0.15, 0.2) is 85.1 Å². The average Bonchev–Trinajstić information content (AvgIpc) is 2.83. The molecule has 34 heavy (non-hydrogen) atoms. The van der Waals surface area contributed by atoms with Gasteiger partial charge in [-0.1, -0.05) is 66.2 Å². The van der Waals surface area contributed by atoms with Crippen molar-refractivity contribution < 1.29 is 14.7 Å². The normalized spacial score (nSPS) is 11.7. The minimum absolute atomic E-state index is 0.0684. The van der Waals surface area contributed by atoms with E-state index in [9.17, 15) is 14.7 Å². The number of carbonyl (C=O) groups excluding carboxylic acids is 1. The number of nitrogens with zero attached hydrogens (tertiary/aromatic N) is 1. The highest BCUT2D eigenvalue weighted by atomic mass is 35.5. The third-order valence-electron chi connectivity index (χ3n) is 6.02. The maximum Gasteiger partial charge on any atom is 0.337 e. The molecule has 5 heteroatoms. The van der Waals surface area contributed by atoms with Gasteiger partial charge in [0.15, 0.2) is 5.78 Å². The number of rotatable bonds is 7. The summed E-state index contributed by atoms with van der Waals surface area (Å²) in [4.78, 5) is 28.6. The highest BCUT2D eigenvalue weighted by Crippen LogP contribution is 2.33. The van der Waals surface area contributed by atoms with Crippen LogP contribution in [-0.4, -0.2) is 21.8 Å². The van der Waals surface area contributed by atoms with Gasteiger partial charge in [-0.3, -0.25) is 9.78 Å². The Morgan fingerprint density at radius 1 is 0.912 bits per heavy atom. The summed E-state index contributed by atoms with van der Waals surface area (Å²) in [5, 5.41) is 9.41. The Morgan fingerprint density at radius 2 is 1.62 bits per heavy atom. The maximum absolute atomic E-state index is 13.2. The lowest BCUT2D eigenvalue weighted by Crippen LogP contribution is -2.11. The SMILES string of the molecule is Cc1cc(C(=O)CC(c2ccc(-c3ccc(C(=O)O)c(Cl)c3)cc2)c2ccccc2C)ccn1. The minimum atomic E-state index is -1.05. The molecule has 1 atom stereocenters. The summed E-state index contributed by atoms with van der Waals surface area (Å²) < 4.78 is 0. The number of carbonyl (C=O) groups is 2. The molecule has 0 bridgehead atoms. The van der Waals surface area contributed by atoms with Crippen molar-refractivity contribution in [3.63, 3.8) is 0 Å². The van der Waals surface area contributed by atoms with Gasteiger partial charge in [-0.15, -0.1) is 0 Å². The quantitative estimate of drug-likeness (QED) is 0.292. The average molecular weight is 470 g/mol. The topological polar surface area (TPSA) is 67.3 Å². The molecule has 1 N–H and O–H groups in total. The van der Waals surface area contributed by atoms with E-state index in [-0.39, 0.29) is 22.3 Å². The molecule has 1 unspecified atom stereocenters. The zero-order valence-corrected chi connectivity index (χ0v) is 19.7. The molecular formula is C29H24ClNO3. The summed E-state index contributed by atoms with van der Waals surface area (Å²) >= 11 is 6.16. The molecule has 4 nitrogen and oxygen atoms in total. The molecule has 0 saturated heterocycles. The van der Waals surface area contributed by atoms with Crippen molar-refractivity contribution in [3.8, 4) is 11.1 Å². The third kappa shape index (κ3) is 5.08. The van der Waals surface area contributed by atoms with Crippen LogP contribution in [0.3, 0.4) is 0 Å². The van der Waals surface area contributed by atoms with Crippen molar-refractivity contribution in [3.05, 3.63) is 124 Å². The molecule has 0 aliphatic carbocycles. The summed E-state index contributed by atoms with van der Waals surface area (Å²) in [6, 6.07) is 24.6. The minimum Gasteiger partial charge on any atom is -0.478 e. The molecule has 0 aliphatic heterocycles. The van der Waals surface area contributed by atoms with Crippen molar-refractivity contribution in [1.82, 2.24) is 4.98 Å². The van der Waals surface area contributed by atoms with Crippen molar-refractivity contribution in [1.29, 1.82) is 0 Å². The molecule has 0 saturated carbocycles. The molecule has 3 aromatic carbocycles. The maximum atomic E-state index is 13.2. The second-order valence-corrected chi connectivity index (χ2v) is 8.75. The first kappa shape index (κ1) is 23.4. The van der Waals surface area contributed by atoms with E-state index in [2.05, 4.69) is 24.0 Å². The van der Waals surface area contributed by atoms with Crippen LogP contribution < -0.4 is 0 Å². The predicted octanol–water partition coefficient (Wildman–Crippen LogP) is 7.12. The van der Waals surface area contributed by atoms with E-state index in [0.717, 1.165) is 33.5 Å². The van der Waals surface area contributed by atoms with E-state index in [1.165, 1.54) is 6.07 Å². The number of aromatic carboxylic acids is 1. The van der Waals surface area contributed by atoms with Crippen molar-refractivity contribution in [2.75, 3.05) is 0 Å². The molecule has 0 fully saturated rings. The summed E-state index contributed by atoms with van der Waals surface area (Å²) in [5.41, 5.74) is 6.58. The number of carboxylic acids is 1. The zero-order chi connectivity index (χ0) is 24.2.